The maximum Gasteiger partial charge on any atom is 0.224 e. The summed E-state index contributed by atoms with van der Waals surface area (Å²) in [5.74, 6) is 0.456. The van der Waals surface area contributed by atoms with Crippen LogP contribution >= 0.6 is 15.9 Å². The van der Waals surface area contributed by atoms with Gasteiger partial charge in [0.2, 0.25) is 5.91 Å². The highest BCUT2D eigenvalue weighted by molar-refractivity contribution is 9.09. The molecule has 3 heteroatoms. The van der Waals surface area contributed by atoms with Crippen molar-refractivity contribution in [1.29, 1.82) is 0 Å². The van der Waals surface area contributed by atoms with E-state index in [0.717, 1.165) is 24.6 Å². The van der Waals surface area contributed by atoms with Crippen molar-refractivity contribution in [3.05, 3.63) is 0 Å². The Balaban J connectivity index is 2.68. The Morgan fingerprint density at radius 3 is 2.61 bits per heavy atom. The number of carbonyl (C=O) groups is 1. The zero-order valence-electron chi connectivity index (χ0n) is 12.3. The van der Waals surface area contributed by atoms with Gasteiger partial charge in [0, 0.05) is 16.8 Å². The summed E-state index contributed by atoms with van der Waals surface area (Å²) in [6.45, 7) is 8.78. The fourth-order valence-corrected chi connectivity index (χ4v) is 3.78. The molecule has 0 aromatic rings. The molecule has 0 spiro atoms. The van der Waals surface area contributed by atoms with Crippen molar-refractivity contribution in [1.82, 2.24) is 5.32 Å². The summed E-state index contributed by atoms with van der Waals surface area (Å²) in [5.41, 5.74) is 0.0967. The zero-order chi connectivity index (χ0) is 13.8. The molecule has 0 saturated heterocycles. The highest BCUT2D eigenvalue weighted by atomic mass is 79.9. The van der Waals surface area contributed by atoms with Crippen LogP contribution in [0.1, 0.15) is 66.2 Å². The van der Waals surface area contributed by atoms with E-state index in [1.54, 1.807) is 0 Å². The monoisotopic (exact) mass is 317 g/mol. The van der Waals surface area contributed by atoms with Crippen LogP contribution in [0.5, 0.6) is 0 Å². The van der Waals surface area contributed by atoms with E-state index in [1.165, 1.54) is 19.3 Å². The summed E-state index contributed by atoms with van der Waals surface area (Å²) in [6.07, 6.45) is 6.66. The van der Waals surface area contributed by atoms with Crippen molar-refractivity contribution in [3.8, 4) is 0 Å². The van der Waals surface area contributed by atoms with Crippen LogP contribution in [0.2, 0.25) is 0 Å². The standard InChI is InChI=1S/C15H28BrNO/c1-5-15(4,10-11-16)17-13(18)12-8-6-7-9-14(12,2)3/h12H,5-11H2,1-4H3,(H,17,18). The van der Waals surface area contributed by atoms with Crippen LogP contribution in [-0.4, -0.2) is 16.8 Å². The number of alkyl halides is 1. The van der Waals surface area contributed by atoms with E-state index < -0.39 is 0 Å². The SMILES string of the molecule is CCC(C)(CCBr)NC(=O)C1CCCCC1(C)C. The fraction of sp³-hybridized carbons (Fsp3) is 0.933. The van der Waals surface area contributed by atoms with Crippen LogP contribution in [0, 0.1) is 11.3 Å². The molecule has 0 bridgehead atoms. The van der Waals surface area contributed by atoms with Gasteiger partial charge in [-0.2, -0.15) is 0 Å². The lowest BCUT2D eigenvalue weighted by Crippen LogP contribution is -2.51. The van der Waals surface area contributed by atoms with E-state index in [0.29, 0.717) is 0 Å². The predicted octanol–water partition coefficient (Wildman–Crippen LogP) is 4.27. The second-order valence-electron chi connectivity index (χ2n) is 6.63. The Labute approximate surface area is 120 Å². The first-order valence-electron chi connectivity index (χ1n) is 7.22. The molecular formula is C15H28BrNO. The smallest absolute Gasteiger partial charge is 0.224 e. The molecule has 1 aliphatic carbocycles. The van der Waals surface area contributed by atoms with Crippen molar-refractivity contribution >= 4 is 21.8 Å². The normalized spacial score (nSPS) is 26.4. The van der Waals surface area contributed by atoms with Crippen molar-refractivity contribution in [3.63, 3.8) is 0 Å². The van der Waals surface area contributed by atoms with Crippen LogP contribution < -0.4 is 5.32 Å². The zero-order valence-corrected chi connectivity index (χ0v) is 13.9. The van der Waals surface area contributed by atoms with Gasteiger partial charge in [-0.3, -0.25) is 4.79 Å². The van der Waals surface area contributed by atoms with Gasteiger partial charge < -0.3 is 5.32 Å². The van der Waals surface area contributed by atoms with Gasteiger partial charge in [0.1, 0.15) is 0 Å². The lowest BCUT2D eigenvalue weighted by atomic mass is 9.68. The topological polar surface area (TPSA) is 29.1 Å². The molecule has 1 saturated carbocycles. The van der Waals surface area contributed by atoms with Crippen molar-refractivity contribution < 1.29 is 4.79 Å². The minimum atomic E-state index is -0.0614. The Morgan fingerprint density at radius 1 is 1.44 bits per heavy atom. The highest BCUT2D eigenvalue weighted by Gasteiger charge is 2.38. The molecule has 1 fully saturated rings. The molecule has 1 aliphatic rings. The molecule has 106 valence electrons. The average Bonchev–Trinajstić information content (AvgIpc) is 2.28. The number of hydrogen-bond acceptors (Lipinski definition) is 1. The van der Waals surface area contributed by atoms with Gasteiger partial charge in [-0.05, 0) is 38.0 Å². The molecule has 1 N–H and O–H groups in total. The summed E-state index contributed by atoms with van der Waals surface area (Å²) in [7, 11) is 0. The van der Waals surface area contributed by atoms with Gasteiger partial charge >= 0.3 is 0 Å². The van der Waals surface area contributed by atoms with Crippen LogP contribution in [-0.2, 0) is 4.79 Å². The van der Waals surface area contributed by atoms with E-state index in [-0.39, 0.29) is 22.8 Å². The van der Waals surface area contributed by atoms with E-state index in [2.05, 4.69) is 48.9 Å². The lowest BCUT2D eigenvalue weighted by molar-refractivity contribution is -0.132. The summed E-state index contributed by atoms with van der Waals surface area (Å²) < 4.78 is 0. The second kappa shape index (κ2) is 6.40. The largest absolute Gasteiger partial charge is 0.351 e. The molecule has 2 nitrogen and oxygen atoms in total. The molecule has 0 radical (unpaired) electrons. The van der Waals surface area contributed by atoms with Gasteiger partial charge in [-0.15, -0.1) is 0 Å². The molecule has 2 unspecified atom stereocenters. The van der Waals surface area contributed by atoms with Crippen LogP contribution in [0.15, 0.2) is 0 Å². The first-order chi connectivity index (χ1) is 8.34. The number of carbonyl (C=O) groups excluding carboxylic acids is 1. The highest BCUT2D eigenvalue weighted by Crippen LogP contribution is 2.40. The minimum absolute atomic E-state index is 0.0614. The van der Waals surface area contributed by atoms with Crippen LogP contribution in [0.3, 0.4) is 0 Å². The summed E-state index contributed by atoms with van der Waals surface area (Å²) in [4.78, 5) is 12.5. The van der Waals surface area contributed by atoms with Gasteiger partial charge in [-0.25, -0.2) is 0 Å². The van der Waals surface area contributed by atoms with Crippen LogP contribution in [0.25, 0.3) is 0 Å². The van der Waals surface area contributed by atoms with Gasteiger partial charge in [-0.1, -0.05) is 49.5 Å². The molecule has 1 amide bonds. The van der Waals surface area contributed by atoms with E-state index in [9.17, 15) is 4.79 Å². The van der Waals surface area contributed by atoms with Gasteiger partial charge in [0.15, 0.2) is 0 Å². The Bertz CT molecular complexity index is 290. The Morgan fingerprint density at radius 2 is 2.11 bits per heavy atom. The quantitative estimate of drug-likeness (QED) is 0.754. The third-order valence-electron chi connectivity index (χ3n) is 4.68. The number of rotatable bonds is 5. The van der Waals surface area contributed by atoms with E-state index >= 15 is 0 Å². The maximum atomic E-state index is 12.5. The van der Waals surface area contributed by atoms with E-state index in [1.807, 2.05) is 0 Å². The maximum absolute atomic E-state index is 12.5. The molecule has 18 heavy (non-hydrogen) atoms. The minimum Gasteiger partial charge on any atom is -0.351 e. The Hall–Kier alpha value is -0.0500. The Kier molecular flexibility index (Phi) is 5.69. The molecule has 2 atom stereocenters. The molecule has 0 aromatic carbocycles. The molecule has 1 rings (SSSR count). The van der Waals surface area contributed by atoms with Crippen molar-refractivity contribution in [2.24, 2.45) is 11.3 Å². The van der Waals surface area contributed by atoms with E-state index in [4.69, 9.17) is 0 Å². The number of amides is 1. The number of nitrogens with one attached hydrogen (secondary N) is 1. The second-order valence-corrected chi connectivity index (χ2v) is 7.42. The molecular weight excluding hydrogens is 290 g/mol. The summed E-state index contributed by atoms with van der Waals surface area (Å²) in [5, 5.41) is 4.24. The predicted molar refractivity (Wildman–Crippen MR) is 81.0 cm³/mol. The third kappa shape index (κ3) is 3.97. The molecule has 0 aromatic heterocycles. The average molecular weight is 318 g/mol. The van der Waals surface area contributed by atoms with Gasteiger partial charge in [0.25, 0.3) is 0 Å². The number of hydrogen-bond donors (Lipinski definition) is 1. The molecule has 0 heterocycles. The summed E-state index contributed by atoms with van der Waals surface area (Å²) >= 11 is 3.48. The van der Waals surface area contributed by atoms with Gasteiger partial charge in [0.05, 0.1) is 0 Å². The summed E-state index contributed by atoms with van der Waals surface area (Å²) in [6, 6.07) is 0. The van der Waals surface area contributed by atoms with Crippen molar-refractivity contribution in [2.75, 3.05) is 5.33 Å². The van der Waals surface area contributed by atoms with Crippen molar-refractivity contribution in [2.45, 2.75) is 71.8 Å². The number of halogens is 1. The first-order valence-corrected chi connectivity index (χ1v) is 8.35. The van der Waals surface area contributed by atoms with Crippen LogP contribution in [0.4, 0.5) is 0 Å². The molecule has 0 aliphatic heterocycles. The fourth-order valence-electron chi connectivity index (χ4n) is 2.90. The first kappa shape index (κ1) is 16.0. The lowest BCUT2D eigenvalue weighted by Gasteiger charge is -2.40. The third-order valence-corrected chi connectivity index (χ3v) is 5.07.